The summed E-state index contributed by atoms with van der Waals surface area (Å²) in [7, 11) is -2.81. The number of imidazole rings is 1. The molecule has 23 heavy (non-hydrogen) atoms. The minimum atomic E-state index is -3.99. The van der Waals surface area contributed by atoms with Crippen molar-refractivity contribution in [1.29, 1.82) is 0 Å². The van der Waals surface area contributed by atoms with Crippen molar-refractivity contribution in [2.45, 2.75) is 17.4 Å². The molecule has 1 atom stereocenters. The molecule has 0 radical (unpaired) electrons. The lowest BCUT2D eigenvalue weighted by Crippen LogP contribution is -2.43. The summed E-state index contributed by atoms with van der Waals surface area (Å²) in [5.41, 5.74) is 0.581. The third kappa shape index (κ3) is 4.44. The van der Waals surface area contributed by atoms with Gasteiger partial charge in [0.15, 0.2) is 0 Å². The normalized spacial score (nSPS) is 12.8. The lowest BCUT2D eigenvalue weighted by Gasteiger charge is -2.16. The highest BCUT2D eigenvalue weighted by atomic mass is 35.5. The third-order valence-corrected chi connectivity index (χ3v) is 5.17. The van der Waals surface area contributed by atoms with Gasteiger partial charge in [0, 0.05) is 18.3 Å². The topological polar surface area (TPSA) is 101 Å². The number of aromatic amines is 1. The number of H-pyrrole nitrogens is 1. The average Bonchev–Trinajstić information content (AvgIpc) is 3.01. The SMILES string of the molecule is COC(=O)C(Cc1cnc[nH]1)NS(=O)(=O)c1ccc(Cl)c(Cl)c1. The number of methoxy groups -OCH3 is 1. The first-order valence-corrected chi connectivity index (χ1v) is 8.60. The Bertz CT molecular complexity index is 794. The molecule has 0 aliphatic rings. The molecule has 0 bridgehead atoms. The molecule has 1 heterocycles. The number of carbonyl (C=O) groups is 1. The van der Waals surface area contributed by atoms with Gasteiger partial charge in [-0.25, -0.2) is 13.4 Å². The zero-order valence-corrected chi connectivity index (χ0v) is 14.2. The van der Waals surface area contributed by atoms with Crippen molar-refractivity contribution in [1.82, 2.24) is 14.7 Å². The monoisotopic (exact) mass is 377 g/mol. The number of sulfonamides is 1. The first-order valence-electron chi connectivity index (χ1n) is 6.36. The van der Waals surface area contributed by atoms with E-state index in [2.05, 4.69) is 19.4 Å². The fourth-order valence-electron chi connectivity index (χ4n) is 1.83. The van der Waals surface area contributed by atoms with Gasteiger partial charge >= 0.3 is 5.97 Å². The Kier molecular flexibility index (Phi) is 5.64. The molecule has 2 rings (SSSR count). The molecule has 2 aromatic rings. The van der Waals surface area contributed by atoms with Gasteiger partial charge in [0.2, 0.25) is 10.0 Å². The molecule has 0 amide bonds. The maximum absolute atomic E-state index is 12.4. The highest BCUT2D eigenvalue weighted by Crippen LogP contribution is 2.25. The molecule has 1 unspecified atom stereocenters. The number of carbonyl (C=O) groups excluding carboxylic acids is 1. The van der Waals surface area contributed by atoms with Gasteiger partial charge in [-0.3, -0.25) is 4.79 Å². The van der Waals surface area contributed by atoms with Crippen LogP contribution in [0.1, 0.15) is 5.69 Å². The van der Waals surface area contributed by atoms with Crippen LogP contribution in [0.4, 0.5) is 0 Å². The number of hydrogen-bond acceptors (Lipinski definition) is 5. The predicted octanol–water partition coefficient (Wildman–Crippen LogP) is 1.78. The molecule has 10 heteroatoms. The maximum Gasteiger partial charge on any atom is 0.324 e. The Labute approximate surface area is 143 Å². The van der Waals surface area contributed by atoms with Crippen molar-refractivity contribution in [3.8, 4) is 0 Å². The standard InChI is InChI=1S/C13H13Cl2N3O4S/c1-22-13(19)12(4-8-6-16-7-17-8)18-23(20,21)9-2-3-10(14)11(15)5-9/h2-3,5-7,12,18H,4H2,1H3,(H,16,17). The lowest BCUT2D eigenvalue weighted by atomic mass is 10.2. The number of benzene rings is 1. The molecule has 0 spiro atoms. The molecule has 0 aliphatic carbocycles. The molecule has 7 nitrogen and oxygen atoms in total. The minimum absolute atomic E-state index is 0.0627. The van der Waals surface area contributed by atoms with E-state index in [-0.39, 0.29) is 21.4 Å². The largest absolute Gasteiger partial charge is 0.468 e. The number of rotatable bonds is 6. The zero-order valence-electron chi connectivity index (χ0n) is 11.9. The smallest absolute Gasteiger partial charge is 0.324 e. The summed E-state index contributed by atoms with van der Waals surface area (Å²) in [4.78, 5) is 18.3. The van der Waals surface area contributed by atoms with Gasteiger partial charge in [0.1, 0.15) is 6.04 Å². The number of aromatic nitrogens is 2. The van der Waals surface area contributed by atoms with Crippen molar-refractivity contribution in [3.05, 3.63) is 46.5 Å². The first-order chi connectivity index (χ1) is 10.8. The van der Waals surface area contributed by atoms with Crippen LogP contribution in [0, 0.1) is 0 Å². The highest BCUT2D eigenvalue weighted by Gasteiger charge is 2.27. The molecule has 0 saturated heterocycles. The summed E-state index contributed by atoms with van der Waals surface area (Å²) in [5, 5.41) is 0.324. The van der Waals surface area contributed by atoms with Crippen LogP contribution in [0.2, 0.25) is 10.0 Å². The van der Waals surface area contributed by atoms with Crippen LogP contribution in [-0.2, 0) is 26.0 Å². The molecular formula is C13H13Cl2N3O4S. The number of ether oxygens (including phenoxy) is 1. The van der Waals surface area contributed by atoms with E-state index in [0.29, 0.717) is 5.69 Å². The molecule has 0 saturated carbocycles. The van der Waals surface area contributed by atoms with Gasteiger partial charge in [-0.2, -0.15) is 4.72 Å². The van der Waals surface area contributed by atoms with Crippen LogP contribution in [-0.4, -0.2) is 37.5 Å². The Morgan fingerprint density at radius 2 is 2.13 bits per heavy atom. The van der Waals surface area contributed by atoms with Crippen molar-refractivity contribution >= 4 is 39.2 Å². The van der Waals surface area contributed by atoms with Crippen LogP contribution in [0.15, 0.2) is 35.6 Å². The number of nitrogens with zero attached hydrogens (tertiary/aromatic N) is 1. The highest BCUT2D eigenvalue weighted by molar-refractivity contribution is 7.89. The summed E-state index contributed by atoms with van der Waals surface area (Å²) in [6, 6.07) is 2.75. The molecule has 2 N–H and O–H groups in total. The van der Waals surface area contributed by atoms with Gasteiger partial charge in [-0.05, 0) is 18.2 Å². The van der Waals surface area contributed by atoms with Gasteiger partial charge < -0.3 is 9.72 Å². The molecule has 1 aromatic heterocycles. The quantitative estimate of drug-likeness (QED) is 0.747. The third-order valence-electron chi connectivity index (χ3n) is 2.96. The molecule has 124 valence electrons. The van der Waals surface area contributed by atoms with E-state index in [1.54, 1.807) is 0 Å². The Hall–Kier alpha value is -1.61. The van der Waals surface area contributed by atoms with Gasteiger partial charge in [-0.15, -0.1) is 0 Å². The fraction of sp³-hybridized carbons (Fsp3) is 0.231. The van der Waals surface area contributed by atoms with Crippen LogP contribution in [0.3, 0.4) is 0 Å². The summed E-state index contributed by atoms with van der Waals surface area (Å²) < 4.78 is 31.7. The van der Waals surface area contributed by atoms with E-state index in [9.17, 15) is 13.2 Å². The van der Waals surface area contributed by atoms with Crippen molar-refractivity contribution in [2.75, 3.05) is 7.11 Å². The number of esters is 1. The second-order valence-corrected chi connectivity index (χ2v) is 7.08. The van der Waals surface area contributed by atoms with Gasteiger partial charge in [0.05, 0.1) is 28.4 Å². The zero-order chi connectivity index (χ0) is 17.0. The van der Waals surface area contributed by atoms with Crippen molar-refractivity contribution in [3.63, 3.8) is 0 Å². The number of halogens is 2. The summed E-state index contributed by atoms with van der Waals surface area (Å²) in [6.07, 6.45) is 2.98. The van der Waals surface area contributed by atoms with E-state index in [0.717, 1.165) is 0 Å². The fourth-order valence-corrected chi connectivity index (χ4v) is 3.40. The second-order valence-electron chi connectivity index (χ2n) is 4.55. The van der Waals surface area contributed by atoms with Crippen LogP contribution < -0.4 is 4.72 Å². The van der Waals surface area contributed by atoms with E-state index >= 15 is 0 Å². The molecular weight excluding hydrogens is 365 g/mol. The van der Waals surface area contributed by atoms with E-state index in [1.807, 2.05) is 0 Å². The van der Waals surface area contributed by atoms with Gasteiger partial charge in [-0.1, -0.05) is 23.2 Å². The second kappa shape index (κ2) is 7.31. The molecule has 0 fully saturated rings. The Morgan fingerprint density at radius 1 is 1.39 bits per heavy atom. The van der Waals surface area contributed by atoms with Gasteiger partial charge in [0.25, 0.3) is 0 Å². The van der Waals surface area contributed by atoms with Crippen LogP contribution in [0.25, 0.3) is 0 Å². The Morgan fingerprint density at radius 3 is 2.70 bits per heavy atom. The van der Waals surface area contributed by atoms with Crippen LogP contribution in [0.5, 0.6) is 0 Å². The number of nitrogens with one attached hydrogen (secondary N) is 2. The molecule has 1 aromatic carbocycles. The van der Waals surface area contributed by atoms with Crippen LogP contribution >= 0.6 is 23.2 Å². The van der Waals surface area contributed by atoms with Crippen molar-refractivity contribution in [2.24, 2.45) is 0 Å². The minimum Gasteiger partial charge on any atom is -0.468 e. The van der Waals surface area contributed by atoms with E-state index in [1.165, 1.54) is 37.8 Å². The summed E-state index contributed by atoms with van der Waals surface area (Å²) in [5.74, 6) is -0.719. The van der Waals surface area contributed by atoms with E-state index < -0.39 is 22.0 Å². The maximum atomic E-state index is 12.4. The summed E-state index contributed by atoms with van der Waals surface area (Å²) in [6.45, 7) is 0. The first kappa shape index (κ1) is 17.7. The average molecular weight is 378 g/mol. The van der Waals surface area contributed by atoms with E-state index in [4.69, 9.17) is 23.2 Å². The predicted molar refractivity (Wildman–Crippen MR) is 84.9 cm³/mol. The molecule has 0 aliphatic heterocycles. The summed E-state index contributed by atoms with van der Waals surface area (Å²) >= 11 is 11.6. The van der Waals surface area contributed by atoms with Crippen molar-refractivity contribution < 1.29 is 17.9 Å². The lowest BCUT2D eigenvalue weighted by molar-refractivity contribution is -0.142. The Balaban J connectivity index is 2.26. The number of hydrogen-bond donors (Lipinski definition) is 2.